The van der Waals surface area contributed by atoms with Crippen LogP contribution in [0.3, 0.4) is 0 Å². The number of hydrogen-bond acceptors (Lipinski definition) is 9. The van der Waals surface area contributed by atoms with E-state index in [2.05, 4.69) is 15.0 Å². The van der Waals surface area contributed by atoms with Crippen molar-refractivity contribution in [2.45, 2.75) is 24.5 Å². The number of ether oxygens (including phenoxy) is 2. The van der Waals surface area contributed by atoms with Gasteiger partial charge in [-0.3, -0.25) is 0 Å². The number of aliphatic hydroxyl groups excluding tert-OH is 3. The second kappa shape index (κ2) is 5.07. The highest BCUT2D eigenvalue weighted by Crippen LogP contribution is 2.35. The first kappa shape index (κ1) is 13.9. The van der Waals surface area contributed by atoms with Crippen LogP contribution in [0.25, 0.3) is 11.2 Å². The minimum atomic E-state index is -1.27. The highest BCUT2D eigenvalue weighted by molar-refractivity contribution is 5.82. The molecule has 114 valence electrons. The Kier molecular flexibility index (Phi) is 3.37. The van der Waals surface area contributed by atoms with Gasteiger partial charge in [-0.2, -0.15) is 4.98 Å². The summed E-state index contributed by atoms with van der Waals surface area (Å²) in [5, 5.41) is 29.1. The standard InChI is InChI=1S/C11H15N5O5/c1-20-11-15-5-8(12)13-3-14-9(5)16(11)10-7(19)6(18)4(2-17)21-10/h3-4,6-7,10,17-19H,2H2,1H3,(H2,12,13,14)/t4-,6+,7-,10-/m0/s1. The van der Waals surface area contributed by atoms with E-state index in [1.54, 1.807) is 0 Å². The molecule has 1 aliphatic heterocycles. The van der Waals surface area contributed by atoms with Crippen LogP contribution in [-0.4, -0.2) is 66.9 Å². The summed E-state index contributed by atoms with van der Waals surface area (Å²) in [5.74, 6) is 0.156. The molecule has 2 aromatic heterocycles. The van der Waals surface area contributed by atoms with Crippen molar-refractivity contribution < 1.29 is 24.8 Å². The number of nitrogens with two attached hydrogens (primary N) is 1. The lowest BCUT2D eigenvalue weighted by Gasteiger charge is -2.18. The zero-order valence-electron chi connectivity index (χ0n) is 11.1. The molecule has 0 spiro atoms. The zero-order valence-corrected chi connectivity index (χ0v) is 11.1. The third-order valence-corrected chi connectivity index (χ3v) is 3.43. The first-order valence-electron chi connectivity index (χ1n) is 6.23. The largest absolute Gasteiger partial charge is 0.468 e. The van der Waals surface area contributed by atoms with Gasteiger partial charge >= 0.3 is 6.01 Å². The van der Waals surface area contributed by atoms with Crippen molar-refractivity contribution in [3.63, 3.8) is 0 Å². The van der Waals surface area contributed by atoms with E-state index < -0.39 is 31.1 Å². The highest BCUT2D eigenvalue weighted by Gasteiger charge is 2.45. The lowest BCUT2D eigenvalue weighted by molar-refractivity contribution is -0.0537. The Labute approximate surface area is 118 Å². The molecule has 1 fully saturated rings. The second-order valence-electron chi connectivity index (χ2n) is 4.63. The summed E-state index contributed by atoms with van der Waals surface area (Å²) in [5.41, 5.74) is 6.33. The van der Waals surface area contributed by atoms with Crippen LogP contribution < -0.4 is 10.5 Å². The van der Waals surface area contributed by atoms with Crippen LogP contribution in [0.4, 0.5) is 5.82 Å². The fourth-order valence-corrected chi connectivity index (χ4v) is 2.37. The van der Waals surface area contributed by atoms with Crippen molar-refractivity contribution in [3.05, 3.63) is 6.33 Å². The average molecular weight is 297 g/mol. The molecule has 5 N–H and O–H groups in total. The topological polar surface area (TPSA) is 149 Å². The Hall–Kier alpha value is -2.01. The molecule has 2 aromatic rings. The van der Waals surface area contributed by atoms with Crippen molar-refractivity contribution in [2.24, 2.45) is 0 Å². The van der Waals surface area contributed by atoms with Gasteiger partial charge in [-0.25, -0.2) is 14.5 Å². The van der Waals surface area contributed by atoms with Gasteiger partial charge in [0, 0.05) is 0 Å². The van der Waals surface area contributed by atoms with Gasteiger partial charge in [0.1, 0.15) is 24.6 Å². The Morgan fingerprint density at radius 2 is 2.14 bits per heavy atom. The van der Waals surface area contributed by atoms with Crippen molar-refractivity contribution >= 4 is 17.0 Å². The van der Waals surface area contributed by atoms with E-state index in [0.29, 0.717) is 11.2 Å². The maximum absolute atomic E-state index is 10.1. The van der Waals surface area contributed by atoms with E-state index in [9.17, 15) is 10.2 Å². The molecule has 10 heteroatoms. The number of rotatable bonds is 3. The molecule has 3 rings (SSSR count). The summed E-state index contributed by atoms with van der Waals surface area (Å²) in [6, 6.07) is 0.104. The number of aromatic nitrogens is 4. The molecule has 0 amide bonds. The Bertz CT molecular complexity index is 662. The van der Waals surface area contributed by atoms with Crippen LogP contribution in [0.15, 0.2) is 6.33 Å². The lowest BCUT2D eigenvalue weighted by Crippen LogP contribution is -2.33. The van der Waals surface area contributed by atoms with E-state index in [0.717, 1.165) is 0 Å². The monoisotopic (exact) mass is 297 g/mol. The van der Waals surface area contributed by atoms with E-state index in [-0.39, 0.29) is 11.8 Å². The fraction of sp³-hybridized carbons (Fsp3) is 0.545. The first-order valence-corrected chi connectivity index (χ1v) is 6.23. The predicted octanol–water partition coefficient (Wildman–Crippen LogP) is -1.97. The summed E-state index contributed by atoms with van der Waals surface area (Å²) in [7, 11) is 1.39. The van der Waals surface area contributed by atoms with E-state index >= 15 is 0 Å². The minimum Gasteiger partial charge on any atom is -0.468 e. The van der Waals surface area contributed by atoms with Crippen LogP contribution in [0.5, 0.6) is 6.01 Å². The molecule has 0 saturated carbocycles. The van der Waals surface area contributed by atoms with Gasteiger partial charge in [-0.05, 0) is 0 Å². The third-order valence-electron chi connectivity index (χ3n) is 3.43. The van der Waals surface area contributed by atoms with Crippen molar-refractivity contribution in [3.8, 4) is 6.01 Å². The smallest absolute Gasteiger partial charge is 0.300 e. The lowest BCUT2D eigenvalue weighted by atomic mass is 10.1. The number of hydrogen-bond donors (Lipinski definition) is 4. The molecular formula is C11H15N5O5. The number of imidazole rings is 1. The highest BCUT2D eigenvalue weighted by atomic mass is 16.6. The van der Waals surface area contributed by atoms with Crippen LogP contribution in [0.2, 0.25) is 0 Å². The molecule has 10 nitrogen and oxygen atoms in total. The van der Waals surface area contributed by atoms with Gasteiger partial charge in [-0.1, -0.05) is 0 Å². The normalized spacial score (nSPS) is 29.1. The molecule has 4 atom stereocenters. The maximum Gasteiger partial charge on any atom is 0.300 e. The van der Waals surface area contributed by atoms with Crippen LogP contribution >= 0.6 is 0 Å². The summed E-state index contributed by atoms with van der Waals surface area (Å²) in [4.78, 5) is 12.0. The summed E-state index contributed by atoms with van der Waals surface area (Å²) >= 11 is 0. The van der Waals surface area contributed by atoms with Crippen LogP contribution in [0.1, 0.15) is 6.23 Å². The third kappa shape index (κ3) is 2.00. The molecule has 0 aromatic carbocycles. The van der Waals surface area contributed by atoms with Crippen LogP contribution in [0, 0.1) is 0 Å². The number of anilines is 1. The number of methoxy groups -OCH3 is 1. The first-order chi connectivity index (χ1) is 10.1. The van der Waals surface area contributed by atoms with Gasteiger partial charge in [-0.15, -0.1) is 0 Å². The number of fused-ring (bicyclic) bond motifs is 1. The molecule has 21 heavy (non-hydrogen) atoms. The van der Waals surface area contributed by atoms with Crippen molar-refractivity contribution in [1.29, 1.82) is 0 Å². The Balaban J connectivity index is 2.14. The number of aliphatic hydroxyl groups is 3. The molecule has 1 saturated heterocycles. The van der Waals surface area contributed by atoms with E-state index in [4.69, 9.17) is 20.3 Å². The van der Waals surface area contributed by atoms with Gasteiger partial charge in [0.2, 0.25) is 0 Å². The van der Waals surface area contributed by atoms with Gasteiger partial charge in [0.15, 0.2) is 23.2 Å². The molecule has 3 heterocycles. The van der Waals surface area contributed by atoms with Gasteiger partial charge in [0.05, 0.1) is 13.7 Å². The SMILES string of the molecule is COc1nc2c(N)ncnc2n1[C@H]1O[C@@H](CO)[C@@H](O)[C@@H]1O. The maximum atomic E-state index is 10.1. The van der Waals surface area contributed by atoms with Gasteiger partial charge < -0.3 is 30.5 Å². The molecule has 0 unspecified atom stereocenters. The summed E-state index contributed by atoms with van der Waals surface area (Å²) in [6.45, 7) is -0.430. The summed E-state index contributed by atoms with van der Waals surface area (Å²) in [6.07, 6.45) is -3.18. The molecule has 0 radical (unpaired) electrons. The second-order valence-corrected chi connectivity index (χ2v) is 4.63. The van der Waals surface area contributed by atoms with Gasteiger partial charge in [0.25, 0.3) is 0 Å². The molecule has 0 aliphatic carbocycles. The fourth-order valence-electron chi connectivity index (χ4n) is 2.37. The average Bonchev–Trinajstić information content (AvgIpc) is 2.99. The zero-order chi connectivity index (χ0) is 15.1. The Morgan fingerprint density at radius 3 is 2.76 bits per heavy atom. The van der Waals surface area contributed by atoms with Crippen LogP contribution in [-0.2, 0) is 4.74 Å². The van der Waals surface area contributed by atoms with Crippen molar-refractivity contribution in [1.82, 2.24) is 19.5 Å². The minimum absolute atomic E-state index is 0.104. The predicted molar refractivity (Wildman–Crippen MR) is 69.3 cm³/mol. The molecule has 0 bridgehead atoms. The van der Waals surface area contributed by atoms with E-state index in [1.807, 2.05) is 0 Å². The summed E-state index contributed by atoms with van der Waals surface area (Å²) < 4.78 is 12.0. The quantitative estimate of drug-likeness (QED) is 0.506. The Morgan fingerprint density at radius 1 is 1.38 bits per heavy atom. The molecule has 1 aliphatic rings. The number of nitrogens with zero attached hydrogens (tertiary/aromatic N) is 4. The molecular weight excluding hydrogens is 282 g/mol. The van der Waals surface area contributed by atoms with Crippen molar-refractivity contribution in [2.75, 3.05) is 19.5 Å². The van der Waals surface area contributed by atoms with E-state index in [1.165, 1.54) is 18.0 Å². The number of nitrogen functional groups attached to an aromatic ring is 1.